The molecule has 3 aromatic carbocycles. The van der Waals surface area contributed by atoms with Crippen molar-refractivity contribution in [2.24, 2.45) is 5.92 Å². The minimum absolute atomic E-state index is 0.00170. The molecule has 2 fully saturated rings. The summed E-state index contributed by atoms with van der Waals surface area (Å²) in [6.45, 7) is 0.779. The topological polar surface area (TPSA) is 81.5 Å². The largest absolute Gasteiger partial charge is 0.357 e. The number of H-pyrrole nitrogens is 1. The van der Waals surface area contributed by atoms with Gasteiger partial charge in [-0.1, -0.05) is 78.7 Å². The van der Waals surface area contributed by atoms with Crippen LogP contribution in [0.5, 0.6) is 0 Å². The van der Waals surface area contributed by atoms with Gasteiger partial charge in [-0.3, -0.25) is 0 Å². The highest BCUT2D eigenvalue weighted by Gasteiger charge is 2.28. The Morgan fingerprint density at radius 2 is 1.70 bits per heavy atom. The van der Waals surface area contributed by atoms with Crippen LogP contribution < -0.4 is 0 Å². The molecule has 3 heterocycles. The molecule has 7 rings (SSSR count). The average molecular weight is 607 g/mol. The Bertz CT molecular complexity index is 1780. The van der Waals surface area contributed by atoms with Gasteiger partial charge in [0.05, 0.1) is 11.2 Å². The summed E-state index contributed by atoms with van der Waals surface area (Å²) in [5.41, 5.74) is 8.44. The molecule has 1 unspecified atom stereocenters. The van der Waals surface area contributed by atoms with Crippen molar-refractivity contribution in [3.63, 3.8) is 0 Å². The summed E-state index contributed by atoms with van der Waals surface area (Å²) in [5.74, 6) is 0.512. The van der Waals surface area contributed by atoms with Crippen molar-refractivity contribution in [2.45, 2.75) is 44.8 Å². The Morgan fingerprint density at radius 3 is 2.36 bits per heavy atom. The van der Waals surface area contributed by atoms with E-state index in [1.165, 1.54) is 12.1 Å². The van der Waals surface area contributed by atoms with Gasteiger partial charge < -0.3 is 4.74 Å². The van der Waals surface area contributed by atoms with Crippen LogP contribution in [-0.2, 0) is 4.74 Å². The number of rotatable bonds is 8. The first-order chi connectivity index (χ1) is 21.6. The molecule has 1 atom stereocenters. The molecule has 2 aliphatic rings. The predicted molar refractivity (Wildman–Crippen MR) is 171 cm³/mol. The van der Waals surface area contributed by atoms with Gasteiger partial charge in [0.1, 0.15) is 12.0 Å². The van der Waals surface area contributed by atoms with E-state index in [4.69, 9.17) is 16.3 Å². The summed E-state index contributed by atoms with van der Waals surface area (Å²) >= 11 is 6.73. The second kappa shape index (κ2) is 12.7. The van der Waals surface area contributed by atoms with Gasteiger partial charge in [0.25, 0.3) is 0 Å². The van der Waals surface area contributed by atoms with Crippen molar-refractivity contribution >= 4 is 34.9 Å². The third-order valence-electron chi connectivity index (χ3n) is 8.55. The van der Waals surface area contributed by atoms with E-state index in [2.05, 4.69) is 80.5 Å². The van der Waals surface area contributed by atoms with E-state index in [-0.39, 0.29) is 12.0 Å². The normalized spacial score (nSPS) is 17.9. The molecule has 1 aliphatic heterocycles. The zero-order chi connectivity index (χ0) is 29.9. The highest BCUT2D eigenvalue weighted by atomic mass is 35.5. The summed E-state index contributed by atoms with van der Waals surface area (Å²) in [6, 6.07) is 21.8. The van der Waals surface area contributed by atoms with Crippen molar-refractivity contribution in [1.29, 1.82) is 0 Å². The molecule has 0 spiro atoms. The molecule has 44 heavy (non-hydrogen) atoms. The maximum Gasteiger partial charge on any atom is 0.197 e. The second-order valence-electron chi connectivity index (χ2n) is 11.4. The minimum Gasteiger partial charge on any atom is -0.357 e. The molecule has 1 saturated carbocycles. The maximum atomic E-state index is 14.2. The van der Waals surface area contributed by atoms with Crippen LogP contribution in [0.15, 0.2) is 79.1 Å². The average Bonchev–Trinajstić information content (AvgIpc) is 3.74. The summed E-state index contributed by atoms with van der Waals surface area (Å²) in [5, 5.41) is 19.1. The number of ether oxygens (including phenoxy) is 1. The number of nitrogens with zero attached hydrogens (tertiary/aromatic N) is 5. The van der Waals surface area contributed by atoms with E-state index < -0.39 is 0 Å². The number of aromatic amines is 1. The standard InChI is InChI=1S/C35H32ClFN6O/c36-31-20-29(37)16-17-30(31)35(25-4-3-5-25)34(26-10-7-23(8-11-26)9-18-32-39-41-42-40-32)27-14-12-24(13-15-27)28-21-38-43(22-28)33-6-1-2-19-44-33/h7-18,20-22,25,33H,1-6,19H2,(H,39,40,41,42)/b18-9+,35-34+. The fraction of sp³-hybridized carbons (Fsp3) is 0.257. The van der Waals surface area contributed by atoms with E-state index >= 15 is 0 Å². The van der Waals surface area contributed by atoms with Gasteiger partial charge in [-0.05, 0) is 100 Å². The highest BCUT2D eigenvalue weighted by molar-refractivity contribution is 6.32. The maximum absolute atomic E-state index is 14.2. The first-order valence-electron chi connectivity index (χ1n) is 15.1. The summed E-state index contributed by atoms with van der Waals surface area (Å²) < 4.78 is 22.0. The Balaban J connectivity index is 1.29. The molecular weight excluding hydrogens is 575 g/mol. The summed E-state index contributed by atoms with van der Waals surface area (Å²) in [6.07, 6.45) is 14.3. The monoisotopic (exact) mass is 606 g/mol. The molecule has 9 heteroatoms. The van der Waals surface area contributed by atoms with Crippen LogP contribution in [0.2, 0.25) is 5.02 Å². The lowest BCUT2D eigenvalue weighted by Crippen LogP contribution is -2.18. The summed E-state index contributed by atoms with van der Waals surface area (Å²) in [4.78, 5) is 0. The van der Waals surface area contributed by atoms with E-state index in [1.807, 2.05) is 29.1 Å². The van der Waals surface area contributed by atoms with Crippen molar-refractivity contribution in [3.05, 3.63) is 118 Å². The molecule has 1 N–H and O–H groups in total. The molecule has 0 amide bonds. The molecule has 7 nitrogen and oxygen atoms in total. The Morgan fingerprint density at radius 1 is 0.909 bits per heavy atom. The minimum atomic E-state index is -0.338. The van der Waals surface area contributed by atoms with E-state index in [1.54, 1.807) is 0 Å². The van der Waals surface area contributed by atoms with E-state index in [9.17, 15) is 4.39 Å². The van der Waals surface area contributed by atoms with Crippen LogP contribution in [0.3, 0.4) is 0 Å². The zero-order valence-electron chi connectivity index (χ0n) is 24.2. The quantitative estimate of drug-likeness (QED) is 0.179. The van der Waals surface area contributed by atoms with Crippen LogP contribution in [-0.4, -0.2) is 37.0 Å². The predicted octanol–water partition coefficient (Wildman–Crippen LogP) is 8.48. The number of hydrogen-bond donors (Lipinski definition) is 1. The van der Waals surface area contributed by atoms with Crippen molar-refractivity contribution in [2.75, 3.05) is 6.61 Å². The molecule has 2 aromatic heterocycles. The van der Waals surface area contributed by atoms with Crippen molar-refractivity contribution in [3.8, 4) is 11.1 Å². The Hall–Kier alpha value is -4.40. The SMILES string of the molecule is Fc1ccc(/C(=C(\c2ccc(/C=C/c3nn[nH]n3)cc2)c2ccc(-c3cnn(C4CCCCO4)c3)cc2)C2CCC2)c(Cl)c1. The molecule has 1 saturated heterocycles. The Kier molecular flexibility index (Phi) is 8.18. The molecule has 1 aliphatic carbocycles. The van der Waals surface area contributed by atoms with Crippen molar-refractivity contribution < 1.29 is 9.13 Å². The van der Waals surface area contributed by atoms with Crippen LogP contribution in [0.1, 0.15) is 72.8 Å². The third kappa shape index (κ3) is 6.00. The van der Waals surface area contributed by atoms with Gasteiger partial charge in [0, 0.05) is 18.4 Å². The number of aromatic nitrogens is 6. The number of tetrazole rings is 1. The highest BCUT2D eigenvalue weighted by Crippen LogP contribution is 2.47. The van der Waals surface area contributed by atoms with Crippen LogP contribution in [0.25, 0.3) is 34.4 Å². The van der Waals surface area contributed by atoms with Gasteiger partial charge in [0.2, 0.25) is 0 Å². The van der Waals surface area contributed by atoms with Crippen LogP contribution in [0.4, 0.5) is 4.39 Å². The van der Waals surface area contributed by atoms with Gasteiger partial charge >= 0.3 is 0 Å². The number of halogens is 2. The first kappa shape index (κ1) is 28.4. The van der Waals surface area contributed by atoms with E-state index in [0.29, 0.717) is 16.8 Å². The third-order valence-corrected chi connectivity index (χ3v) is 8.86. The lowest BCUT2D eigenvalue weighted by atomic mass is 9.73. The van der Waals surface area contributed by atoms with E-state index in [0.717, 1.165) is 89.7 Å². The molecular formula is C35H32ClFN6O. The smallest absolute Gasteiger partial charge is 0.197 e. The second-order valence-corrected chi connectivity index (χ2v) is 11.8. The first-order valence-corrected chi connectivity index (χ1v) is 15.5. The Labute approximate surface area is 260 Å². The van der Waals surface area contributed by atoms with Crippen molar-refractivity contribution in [1.82, 2.24) is 30.4 Å². The molecule has 222 valence electrons. The fourth-order valence-corrected chi connectivity index (χ4v) is 6.29. The van der Waals surface area contributed by atoms with Crippen LogP contribution in [0, 0.1) is 11.7 Å². The number of nitrogens with one attached hydrogen (secondary N) is 1. The van der Waals surface area contributed by atoms with Gasteiger partial charge in [-0.2, -0.15) is 10.3 Å². The van der Waals surface area contributed by atoms with Gasteiger partial charge in [-0.25, -0.2) is 9.07 Å². The zero-order valence-corrected chi connectivity index (χ0v) is 24.9. The number of benzene rings is 3. The van der Waals surface area contributed by atoms with Crippen LogP contribution >= 0.6 is 11.6 Å². The molecule has 5 aromatic rings. The fourth-order valence-electron chi connectivity index (χ4n) is 6.02. The number of hydrogen-bond acceptors (Lipinski definition) is 5. The number of allylic oxidation sites excluding steroid dienone is 1. The summed E-state index contributed by atoms with van der Waals surface area (Å²) in [7, 11) is 0. The lowest BCUT2D eigenvalue weighted by molar-refractivity contribution is -0.0394. The lowest BCUT2D eigenvalue weighted by Gasteiger charge is -2.32. The van der Waals surface area contributed by atoms with Gasteiger partial charge in [0.15, 0.2) is 5.82 Å². The molecule has 0 bridgehead atoms. The molecule has 0 radical (unpaired) electrons. The van der Waals surface area contributed by atoms with Gasteiger partial charge in [-0.15, -0.1) is 10.2 Å².